The molecule has 0 aromatic carbocycles. The Bertz CT molecular complexity index is 282. The van der Waals surface area contributed by atoms with Crippen molar-refractivity contribution in [2.75, 3.05) is 18.1 Å². The van der Waals surface area contributed by atoms with Crippen LogP contribution in [0.15, 0.2) is 0 Å². The number of rotatable bonds is 4. The summed E-state index contributed by atoms with van der Waals surface area (Å²) in [5.74, 6) is 0.866. The Morgan fingerprint density at radius 1 is 1.14 bits per heavy atom. The second-order valence-corrected chi connectivity index (χ2v) is 3.14. The third kappa shape index (κ3) is 3.53. The Morgan fingerprint density at radius 2 is 1.71 bits per heavy atom. The molecule has 0 aliphatic rings. The number of nitrogens with zero attached hydrogens (tertiary/aromatic N) is 3. The summed E-state index contributed by atoms with van der Waals surface area (Å²) < 4.78 is 5.34. The fraction of sp³-hybridized carbons (Fsp3) is 0.625. The standard InChI is InChI=1S/C8H15N5O/c1-5(2)14-4-3-6-11-7(9)13-8(10)12-6/h5H,3-4H2,1-2H3,(H4,9,10,11,12,13). The predicted octanol–water partition coefficient (Wildman–Crippen LogP) is 0.00350. The van der Waals surface area contributed by atoms with Gasteiger partial charge in [0, 0.05) is 6.42 Å². The maximum absolute atomic E-state index is 5.41. The maximum Gasteiger partial charge on any atom is 0.225 e. The zero-order chi connectivity index (χ0) is 10.6. The zero-order valence-electron chi connectivity index (χ0n) is 8.40. The van der Waals surface area contributed by atoms with E-state index in [-0.39, 0.29) is 18.0 Å². The fourth-order valence-corrected chi connectivity index (χ4v) is 0.955. The van der Waals surface area contributed by atoms with Crippen LogP contribution in [-0.2, 0) is 11.2 Å². The molecule has 1 aromatic heterocycles. The van der Waals surface area contributed by atoms with Crippen molar-refractivity contribution < 1.29 is 4.74 Å². The van der Waals surface area contributed by atoms with Gasteiger partial charge in [0.2, 0.25) is 11.9 Å². The molecule has 0 saturated carbocycles. The molecule has 0 fully saturated rings. The highest BCUT2D eigenvalue weighted by molar-refractivity contribution is 5.25. The van der Waals surface area contributed by atoms with Gasteiger partial charge in [-0.2, -0.15) is 15.0 Å². The third-order valence-electron chi connectivity index (χ3n) is 1.49. The largest absolute Gasteiger partial charge is 0.378 e. The van der Waals surface area contributed by atoms with E-state index in [1.165, 1.54) is 0 Å². The van der Waals surface area contributed by atoms with Crippen LogP contribution in [-0.4, -0.2) is 27.7 Å². The Labute approximate surface area is 82.7 Å². The number of aromatic nitrogens is 3. The van der Waals surface area contributed by atoms with Gasteiger partial charge in [-0.25, -0.2) is 0 Å². The third-order valence-corrected chi connectivity index (χ3v) is 1.49. The summed E-state index contributed by atoms with van der Waals surface area (Å²) in [4.78, 5) is 11.5. The van der Waals surface area contributed by atoms with Crippen LogP contribution in [0.3, 0.4) is 0 Å². The molecule has 1 rings (SSSR count). The topological polar surface area (TPSA) is 99.9 Å². The molecule has 0 aliphatic heterocycles. The molecule has 78 valence electrons. The first-order valence-electron chi connectivity index (χ1n) is 4.45. The van der Waals surface area contributed by atoms with E-state index in [1.54, 1.807) is 0 Å². The van der Waals surface area contributed by atoms with E-state index < -0.39 is 0 Å². The fourth-order valence-electron chi connectivity index (χ4n) is 0.955. The lowest BCUT2D eigenvalue weighted by Gasteiger charge is -2.06. The minimum Gasteiger partial charge on any atom is -0.378 e. The minimum absolute atomic E-state index is 0.150. The van der Waals surface area contributed by atoms with Crippen LogP contribution in [0.5, 0.6) is 0 Å². The quantitative estimate of drug-likeness (QED) is 0.704. The van der Waals surface area contributed by atoms with Crippen molar-refractivity contribution in [3.63, 3.8) is 0 Å². The number of nitrogen functional groups attached to an aromatic ring is 2. The summed E-state index contributed by atoms with van der Waals surface area (Å²) >= 11 is 0. The lowest BCUT2D eigenvalue weighted by Crippen LogP contribution is -2.11. The van der Waals surface area contributed by atoms with Gasteiger partial charge in [-0.15, -0.1) is 0 Å². The number of nitrogens with two attached hydrogens (primary N) is 2. The highest BCUT2D eigenvalue weighted by atomic mass is 16.5. The van der Waals surface area contributed by atoms with Crippen LogP contribution in [0.1, 0.15) is 19.7 Å². The minimum atomic E-state index is 0.150. The summed E-state index contributed by atoms with van der Waals surface area (Å²) in [5, 5.41) is 0. The first kappa shape index (κ1) is 10.6. The molecule has 0 spiro atoms. The van der Waals surface area contributed by atoms with Gasteiger partial charge in [0.25, 0.3) is 0 Å². The molecule has 6 nitrogen and oxygen atoms in total. The van der Waals surface area contributed by atoms with Gasteiger partial charge in [-0.05, 0) is 13.8 Å². The molecular formula is C8H15N5O. The van der Waals surface area contributed by atoms with Crippen molar-refractivity contribution in [3.05, 3.63) is 5.82 Å². The zero-order valence-corrected chi connectivity index (χ0v) is 8.40. The molecular weight excluding hydrogens is 182 g/mol. The molecule has 4 N–H and O–H groups in total. The molecule has 1 aromatic rings. The van der Waals surface area contributed by atoms with E-state index in [0.29, 0.717) is 18.9 Å². The van der Waals surface area contributed by atoms with Crippen LogP contribution >= 0.6 is 0 Å². The second-order valence-electron chi connectivity index (χ2n) is 3.14. The maximum atomic E-state index is 5.41. The molecule has 6 heteroatoms. The summed E-state index contributed by atoms with van der Waals surface area (Å²) in [5.41, 5.74) is 10.8. The van der Waals surface area contributed by atoms with Gasteiger partial charge in [-0.3, -0.25) is 0 Å². The first-order valence-corrected chi connectivity index (χ1v) is 4.45. The molecule has 0 amide bonds. The Hall–Kier alpha value is -1.43. The molecule has 14 heavy (non-hydrogen) atoms. The van der Waals surface area contributed by atoms with Gasteiger partial charge < -0.3 is 16.2 Å². The van der Waals surface area contributed by atoms with Crippen molar-refractivity contribution in [3.8, 4) is 0 Å². The monoisotopic (exact) mass is 197 g/mol. The van der Waals surface area contributed by atoms with Crippen molar-refractivity contribution >= 4 is 11.9 Å². The van der Waals surface area contributed by atoms with E-state index in [4.69, 9.17) is 16.2 Å². The molecule has 0 atom stereocenters. The van der Waals surface area contributed by atoms with Gasteiger partial charge in [0.1, 0.15) is 5.82 Å². The molecule has 1 heterocycles. The average molecular weight is 197 g/mol. The van der Waals surface area contributed by atoms with E-state index >= 15 is 0 Å². The Morgan fingerprint density at radius 3 is 2.21 bits per heavy atom. The number of hydrogen-bond acceptors (Lipinski definition) is 6. The highest BCUT2D eigenvalue weighted by Gasteiger charge is 2.02. The molecule has 0 saturated heterocycles. The predicted molar refractivity (Wildman–Crippen MR) is 53.4 cm³/mol. The summed E-state index contributed by atoms with van der Waals surface area (Å²) in [6, 6.07) is 0. The van der Waals surface area contributed by atoms with Crippen LogP contribution < -0.4 is 11.5 Å². The molecule has 0 aliphatic carbocycles. The summed E-state index contributed by atoms with van der Waals surface area (Å²) in [6.45, 7) is 4.49. The molecule has 0 unspecified atom stereocenters. The Kier molecular flexibility index (Phi) is 3.58. The van der Waals surface area contributed by atoms with Crippen LogP contribution in [0, 0.1) is 0 Å². The second kappa shape index (κ2) is 4.71. The van der Waals surface area contributed by atoms with Gasteiger partial charge in [-0.1, -0.05) is 0 Å². The number of hydrogen-bond donors (Lipinski definition) is 2. The molecule has 0 radical (unpaired) electrons. The lowest BCUT2D eigenvalue weighted by molar-refractivity contribution is 0.0804. The summed E-state index contributed by atoms with van der Waals surface area (Å²) in [7, 11) is 0. The van der Waals surface area contributed by atoms with Crippen molar-refractivity contribution in [2.24, 2.45) is 0 Å². The van der Waals surface area contributed by atoms with E-state index in [9.17, 15) is 0 Å². The van der Waals surface area contributed by atoms with Crippen molar-refractivity contribution in [2.45, 2.75) is 26.4 Å². The summed E-state index contributed by atoms with van der Waals surface area (Å²) in [6.07, 6.45) is 0.793. The average Bonchev–Trinajstić information content (AvgIpc) is 2.01. The normalized spacial score (nSPS) is 10.8. The lowest BCUT2D eigenvalue weighted by atomic mass is 10.4. The van der Waals surface area contributed by atoms with E-state index in [1.807, 2.05) is 13.8 Å². The smallest absolute Gasteiger partial charge is 0.225 e. The van der Waals surface area contributed by atoms with Gasteiger partial charge >= 0.3 is 0 Å². The van der Waals surface area contributed by atoms with Crippen LogP contribution in [0.2, 0.25) is 0 Å². The van der Waals surface area contributed by atoms with E-state index in [2.05, 4.69) is 15.0 Å². The SMILES string of the molecule is CC(C)OCCc1nc(N)nc(N)n1. The Balaban J connectivity index is 2.50. The number of ether oxygens (including phenoxy) is 1. The van der Waals surface area contributed by atoms with Crippen LogP contribution in [0.4, 0.5) is 11.9 Å². The molecule has 0 bridgehead atoms. The van der Waals surface area contributed by atoms with Gasteiger partial charge in [0.05, 0.1) is 12.7 Å². The van der Waals surface area contributed by atoms with E-state index in [0.717, 1.165) is 0 Å². The van der Waals surface area contributed by atoms with Crippen molar-refractivity contribution in [1.29, 1.82) is 0 Å². The van der Waals surface area contributed by atoms with Crippen molar-refractivity contribution in [1.82, 2.24) is 15.0 Å². The highest BCUT2D eigenvalue weighted by Crippen LogP contribution is 2.00. The first-order chi connectivity index (χ1) is 6.58. The van der Waals surface area contributed by atoms with Crippen LogP contribution in [0.25, 0.3) is 0 Å². The van der Waals surface area contributed by atoms with Gasteiger partial charge in [0.15, 0.2) is 0 Å². The number of anilines is 2.